The second-order valence-electron chi connectivity index (χ2n) is 5.03. The van der Waals surface area contributed by atoms with E-state index in [1.54, 1.807) is 24.3 Å². The SMILES string of the molecule is COC(=O)CN(C)C(=O)COC(=O)CSCC(=O)Nc1ccc(Cl)cc1. The highest BCUT2D eigenvalue weighted by Crippen LogP contribution is 2.13. The number of likely N-dealkylation sites (N-methyl/N-ethyl adjacent to an activating group) is 1. The molecular formula is C16H19ClN2O6S. The van der Waals surface area contributed by atoms with Gasteiger partial charge in [0.25, 0.3) is 5.91 Å². The van der Waals surface area contributed by atoms with Crippen molar-refractivity contribution in [3.63, 3.8) is 0 Å². The van der Waals surface area contributed by atoms with Crippen molar-refractivity contribution >= 4 is 52.8 Å². The van der Waals surface area contributed by atoms with Gasteiger partial charge in [-0.25, -0.2) is 0 Å². The minimum atomic E-state index is -0.630. The van der Waals surface area contributed by atoms with E-state index in [-0.39, 0.29) is 24.0 Å². The molecule has 0 bridgehead atoms. The Bertz CT molecular complexity index is 653. The van der Waals surface area contributed by atoms with Gasteiger partial charge in [-0.15, -0.1) is 11.8 Å². The standard InChI is InChI=1S/C16H19ClN2O6S/c1-19(7-15(22)24-2)14(21)8-25-16(23)10-26-9-13(20)18-12-5-3-11(17)4-6-12/h3-6H,7-10H2,1-2H3,(H,18,20). The molecule has 26 heavy (non-hydrogen) atoms. The van der Waals surface area contributed by atoms with Crippen molar-refractivity contribution in [3.05, 3.63) is 29.3 Å². The molecule has 0 aliphatic carbocycles. The molecule has 0 radical (unpaired) electrons. The maximum absolute atomic E-state index is 11.7. The van der Waals surface area contributed by atoms with E-state index >= 15 is 0 Å². The Labute approximate surface area is 160 Å². The number of halogens is 1. The third-order valence-corrected chi connectivity index (χ3v) is 4.12. The third-order valence-electron chi connectivity index (χ3n) is 2.96. The van der Waals surface area contributed by atoms with Crippen LogP contribution in [0.4, 0.5) is 5.69 Å². The Hall–Kier alpha value is -2.26. The summed E-state index contributed by atoms with van der Waals surface area (Å²) in [6, 6.07) is 6.62. The number of methoxy groups -OCH3 is 1. The van der Waals surface area contributed by atoms with E-state index in [1.165, 1.54) is 14.2 Å². The molecule has 0 aromatic heterocycles. The highest BCUT2D eigenvalue weighted by Gasteiger charge is 2.15. The van der Waals surface area contributed by atoms with Crippen LogP contribution in [0, 0.1) is 0 Å². The molecule has 10 heteroatoms. The number of anilines is 1. The molecule has 0 spiro atoms. The Morgan fingerprint density at radius 1 is 1.12 bits per heavy atom. The average molecular weight is 403 g/mol. The molecule has 2 amide bonds. The summed E-state index contributed by atoms with van der Waals surface area (Å²) in [5.74, 6) is -2.05. The maximum atomic E-state index is 11.7. The van der Waals surface area contributed by atoms with Crippen LogP contribution in [-0.2, 0) is 28.7 Å². The van der Waals surface area contributed by atoms with Gasteiger partial charge < -0.3 is 19.7 Å². The van der Waals surface area contributed by atoms with Crippen LogP contribution in [0.1, 0.15) is 0 Å². The Balaban J connectivity index is 2.21. The quantitative estimate of drug-likeness (QED) is 0.619. The lowest BCUT2D eigenvalue weighted by Gasteiger charge is -2.15. The smallest absolute Gasteiger partial charge is 0.325 e. The summed E-state index contributed by atoms with van der Waals surface area (Å²) in [5, 5.41) is 3.22. The average Bonchev–Trinajstić information content (AvgIpc) is 2.61. The van der Waals surface area contributed by atoms with Crippen molar-refractivity contribution in [2.24, 2.45) is 0 Å². The fourth-order valence-corrected chi connectivity index (χ4v) is 2.33. The van der Waals surface area contributed by atoms with Gasteiger partial charge in [-0.1, -0.05) is 11.6 Å². The van der Waals surface area contributed by atoms with Crippen LogP contribution in [-0.4, -0.2) is 67.5 Å². The number of nitrogens with zero attached hydrogens (tertiary/aromatic N) is 1. The van der Waals surface area contributed by atoms with Gasteiger partial charge >= 0.3 is 11.9 Å². The summed E-state index contributed by atoms with van der Waals surface area (Å²) < 4.78 is 9.24. The highest BCUT2D eigenvalue weighted by molar-refractivity contribution is 8.00. The van der Waals surface area contributed by atoms with E-state index in [0.717, 1.165) is 16.7 Å². The van der Waals surface area contributed by atoms with Crippen LogP contribution >= 0.6 is 23.4 Å². The summed E-state index contributed by atoms with van der Waals surface area (Å²) in [4.78, 5) is 47.1. The third kappa shape index (κ3) is 8.72. The number of amides is 2. The fraction of sp³-hybridized carbons (Fsp3) is 0.375. The number of hydrogen-bond acceptors (Lipinski definition) is 7. The first-order valence-corrected chi connectivity index (χ1v) is 8.94. The van der Waals surface area contributed by atoms with Crippen LogP contribution in [0.2, 0.25) is 5.02 Å². The number of carbonyl (C=O) groups excluding carboxylic acids is 4. The molecule has 0 aliphatic rings. The van der Waals surface area contributed by atoms with Crippen molar-refractivity contribution in [2.75, 3.05) is 44.1 Å². The zero-order valence-corrected chi connectivity index (χ0v) is 15.9. The number of thioether (sulfide) groups is 1. The number of carbonyl (C=O) groups is 4. The normalized spacial score (nSPS) is 9.96. The maximum Gasteiger partial charge on any atom is 0.325 e. The van der Waals surface area contributed by atoms with Gasteiger partial charge in [-0.05, 0) is 24.3 Å². The molecule has 8 nitrogen and oxygen atoms in total. The topological polar surface area (TPSA) is 102 Å². The van der Waals surface area contributed by atoms with Crippen LogP contribution in [0.25, 0.3) is 0 Å². The largest absolute Gasteiger partial charge is 0.468 e. The second kappa shape index (κ2) is 11.4. The van der Waals surface area contributed by atoms with Gasteiger partial charge in [0.15, 0.2) is 6.61 Å². The molecular weight excluding hydrogens is 384 g/mol. The van der Waals surface area contributed by atoms with E-state index in [2.05, 4.69) is 10.1 Å². The van der Waals surface area contributed by atoms with Gasteiger partial charge in [-0.3, -0.25) is 19.2 Å². The van der Waals surface area contributed by atoms with E-state index in [4.69, 9.17) is 16.3 Å². The first-order valence-electron chi connectivity index (χ1n) is 7.41. The van der Waals surface area contributed by atoms with Crippen molar-refractivity contribution in [2.45, 2.75) is 0 Å². The monoisotopic (exact) mass is 402 g/mol. The molecule has 1 rings (SSSR count). The molecule has 142 valence electrons. The fourth-order valence-electron chi connectivity index (χ4n) is 1.60. The lowest BCUT2D eigenvalue weighted by atomic mass is 10.3. The van der Waals surface area contributed by atoms with Crippen molar-refractivity contribution < 1.29 is 28.7 Å². The molecule has 1 N–H and O–H groups in total. The van der Waals surface area contributed by atoms with Gasteiger partial charge in [0.05, 0.1) is 18.6 Å². The molecule has 0 heterocycles. The summed E-state index contributed by atoms with van der Waals surface area (Å²) in [6.07, 6.45) is 0. The Kier molecular flexibility index (Phi) is 9.53. The minimum absolute atomic E-state index is 0.0495. The number of esters is 2. The van der Waals surface area contributed by atoms with E-state index in [0.29, 0.717) is 10.7 Å². The predicted molar refractivity (Wildman–Crippen MR) is 98.0 cm³/mol. The van der Waals surface area contributed by atoms with Crippen molar-refractivity contribution in [3.8, 4) is 0 Å². The predicted octanol–water partition coefficient (Wildman–Crippen LogP) is 1.19. The van der Waals surface area contributed by atoms with Gasteiger partial charge in [0.2, 0.25) is 5.91 Å². The number of benzene rings is 1. The van der Waals surface area contributed by atoms with E-state index in [1.807, 2.05) is 0 Å². The first kappa shape index (κ1) is 21.8. The summed E-state index contributed by atoms with van der Waals surface area (Å²) >= 11 is 6.81. The molecule has 1 aromatic carbocycles. The van der Waals surface area contributed by atoms with Crippen molar-refractivity contribution in [1.82, 2.24) is 4.90 Å². The molecule has 0 saturated heterocycles. The first-order chi connectivity index (χ1) is 12.3. The molecule has 0 fully saturated rings. The molecule has 0 unspecified atom stereocenters. The molecule has 0 saturated carbocycles. The molecule has 0 aliphatic heterocycles. The van der Waals surface area contributed by atoms with Gasteiger partial charge in [-0.2, -0.15) is 0 Å². The number of hydrogen-bond donors (Lipinski definition) is 1. The summed E-state index contributed by atoms with van der Waals surface area (Å²) in [6.45, 7) is -0.712. The zero-order chi connectivity index (χ0) is 19.5. The van der Waals surface area contributed by atoms with Crippen LogP contribution in [0.3, 0.4) is 0 Å². The lowest BCUT2D eigenvalue weighted by Crippen LogP contribution is -2.35. The second-order valence-corrected chi connectivity index (χ2v) is 6.46. The number of nitrogens with one attached hydrogen (secondary N) is 1. The van der Waals surface area contributed by atoms with E-state index < -0.39 is 24.5 Å². The number of rotatable bonds is 9. The lowest BCUT2D eigenvalue weighted by molar-refractivity contribution is -0.152. The summed E-state index contributed by atoms with van der Waals surface area (Å²) in [7, 11) is 2.60. The summed E-state index contributed by atoms with van der Waals surface area (Å²) in [5.41, 5.74) is 0.599. The van der Waals surface area contributed by atoms with Crippen LogP contribution in [0.5, 0.6) is 0 Å². The van der Waals surface area contributed by atoms with Crippen molar-refractivity contribution in [1.29, 1.82) is 0 Å². The minimum Gasteiger partial charge on any atom is -0.468 e. The van der Waals surface area contributed by atoms with Gasteiger partial charge in [0.1, 0.15) is 6.54 Å². The Morgan fingerprint density at radius 2 is 1.77 bits per heavy atom. The molecule has 1 aromatic rings. The van der Waals surface area contributed by atoms with Gasteiger partial charge in [0, 0.05) is 17.8 Å². The van der Waals surface area contributed by atoms with E-state index in [9.17, 15) is 19.2 Å². The molecule has 0 atom stereocenters. The zero-order valence-electron chi connectivity index (χ0n) is 14.3. The highest BCUT2D eigenvalue weighted by atomic mass is 35.5. The van der Waals surface area contributed by atoms with Crippen LogP contribution in [0.15, 0.2) is 24.3 Å². The number of ether oxygens (including phenoxy) is 2. The van der Waals surface area contributed by atoms with Crippen LogP contribution < -0.4 is 5.32 Å². The Morgan fingerprint density at radius 3 is 2.38 bits per heavy atom.